The van der Waals surface area contributed by atoms with Crippen molar-refractivity contribution in [3.05, 3.63) is 69.8 Å². The van der Waals surface area contributed by atoms with Crippen LogP contribution in [0.15, 0.2) is 48.5 Å². The van der Waals surface area contributed by atoms with Crippen molar-refractivity contribution in [1.82, 2.24) is 10.6 Å². The number of aryl methyl sites for hydroxylation is 1. The number of alkyl halides is 3. The van der Waals surface area contributed by atoms with E-state index in [1.54, 1.807) is 0 Å². The number of rotatable bonds is 5. The number of non-ortho nitro benzene ring substituents is 1. The molecule has 7 nitrogen and oxygen atoms in total. The summed E-state index contributed by atoms with van der Waals surface area (Å²) in [7, 11) is 0. The van der Waals surface area contributed by atoms with Crippen LogP contribution in [0.5, 0.6) is 0 Å². The summed E-state index contributed by atoms with van der Waals surface area (Å²) < 4.78 is -1.92. The standard InChI is InChI=1S/C17H15Cl3N4O3S/c1-10-2-6-12(7-3-10)21-16(28)23-15(17(18,19)20)22-14(25)11-4-8-13(9-5-11)24(26)27/h2-9,15H,1H3,(H,22,25)(H2,21,23,28)/t15-/m1/s1. The van der Waals surface area contributed by atoms with Crippen molar-refractivity contribution in [1.29, 1.82) is 0 Å². The van der Waals surface area contributed by atoms with Crippen LogP contribution in [0.3, 0.4) is 0 Å². The SMILES string of the molecule is Cc1ccc(NC(=S)N[C@@H](NC(=O)c2ccc([N+](=O)[O-])cc2)C(Cl)(Cl)Cl)cc1. The molecule has 28 heavy (non-hydrogen) atoms. The first-order valence-electron chi connectivity index (χ1n) is 7.82. The third kappa shape index (κ3) is 6.49. The predicted molar refractivity (Wildman–Crippen MR) is 115 cm³/mol. The summed E-state index contributed by atoms with van der Waals surface area (Å²) in [5, 5.41) is 19.0. The topological polar surface area (TPSA) is 96.3 Å². The van der Waals surface area contributed by atoms with Crippen LogP contribution in [0, 0.1) is 17.0 Å². The Morgan fingerprint density at radius 3 is 2.14 bits per heavy atom. The monoisotopic (exact) mass is 460 g/mol. The molecule has 1 amide bonds. The van der Waals surface area contributed by atoms with Gasteiger partial charge in [-0.25, -0.2) is 0 Å². The molecule has 0 aliphatic heterocycles. The van der Waals surface area contributed by atoms with Gasteiger partial charge in [0.1, 0.15) is 6.17 Å². The molecule has 0 aromatic heterocycles. The van der Waals surface area contributed by atoms with Crippen molar-refractivity contribution in [3.8, 4) is 0 Å². The minimum atomic E-state index is -1.92. The average Bonchev–Trinajstić information content (AvgIpc) is 2.62. The maximum Gasteiger partial charge on any atom is 0.269 e. The van der Waals surface area contributed by atoms with Crippen molar-refractivity contribution in [2.24, 2.45) is 0 Å². The number of anilines is 1. The number of amides is 1. The van der Waals surface area contributed by atoms with Crippen molar-refractivity contribution in [2.45, 2.75) is 16.9 Å². The molecule has 0 aliphatic carbocycles. The van der Waals surface area contributed by atoms with Gasteiger partial charge >= 0.3 is 0 Å². The molecule has 3 N–H and O–H groups in total. The molecule has 0 unspecified atom stereocenters. The van der Waals surface area contributed by atoms with Gasteiger partial charge in [-0.3, -0.25) is 14.9 Å². The zero-order chi connectivity index (χ0) is 20.9. The van der Waals surface area contributed by atoms with Gasteiger partial charge < -0.3 is 16.0 Å². The molecule has 2 aromatic rings. The number of hydrogen-bond donors (Lipinski definition) is 3. The summed E-state index contributed by atoms with van der Waals surface area (Å²) >= 11 is 23.0. The highest BCUT2D eigenvalue weighted by Crippen LogP contribution is 2.29. The first-order valence-corrected chi connectivity index (χ1v) is 9.36. The fraction of sp³-hybridized carbons (Fsp3) is 0.176. The quantitative estimate of drug-likeness (QED) is 0.202. The first-order chi connectivity index (χ1) is 13.1. The Morgan fingerprint density at radius 2 is 1.64 bits per heavy atom. The number of nitro benzene ring substituents is 1. The Balaban J connectivity index is 2.06. The third-order valence-corrected chi connectivity index (χ3v) is 4.40. The summed E-state index contributed by atoms with van der Waals surface area (Å²) in [6.07, 6.45) is -1.16. The van der Waals surface area contributed by atoms with Gasteiger partial charge in [-0.1, -0.05) is 52.5 Å². The number of nitro groups is 1. The highest BCUT2D eigenvalue weighted by molar-refractivity contribution is 7.80. The van der Waals surface area contributed by atoms with E-state index < -0.39 is 20.8 Å². The van der Waals surface area contributed by atoms with Crippen molar-refractivity contribution in [3.63, 3.8) is 0 Å². The molecular weight excluding hydrogens is 447 g/mol. The van der Waals surface area contributed by atoms with E-state index in [4.69, 9.17) is 47.0 Å². The van der Waals surface area contributed by atoms with E-state index in [1.165, 1.54) is 24.3 Å². The van der Waals surface area contributed by atoms with Gasteiger partial charge in [-0.15, -0.1) is 0 Å². The maximum absolute atomic E-state index is 12.4. The van der Waals surface area contributed by atoms with Crippen LogP contribution in [0.25, 0.3) is 0 Å². The lowest BCUT2D eigenvalue weighted by molar-refractivity contribution is -0.384. The molecule has 0 spiro atoms. The molecular formula is C17H15Cl3N4O3S. The number of halogens is 3. The number of benzene rings is 2. The molecule has 11 heteroatoms. The molecule has 0 aliphatic rings. The Hall–Kier alpha value is -2.13. The number of carbonyl (C=O) groups excluding carboxylic acids is 1. The van der Waals surface area contributed by atoms with E-state index in [1.807, 2.05) is 31.2 Å². The van der Waals surface area contributed by atoms with Gasteiger partial charge in [0.15, 0.2) is 5.11 Å². The number of nitrogens with one attached hydrogen (secondary N) is 3. The number of nitrogens with zero attached hydrogens (tertiary/aromatic N) is 1. The molecule has 0 fully saturated rings. The lowest BCUT2D eigenvalue weighted by Crippen LogP contribution is -2.56. The maximum atomic E-state index is 12.4. The average molecular weight is 462 g/mol. The van der Waals surface area contributed by atoms with E-state index in [2.05, 4.69) is 16.0 Å². The predicted octanol–water partition coefficient (Wildman–Crippen LogP) is 4.32. The van der Waals surface area contributed by atoms with Crippen molar-refractivity contribution < 1.29 is 9.72 Å². The summed E-state index contributed by atoms with van der Waals surface area (Å²) in [6, 6.07) is 12.4. The Labute approximate surface area is 181 Å². The van der Waals surface area contributed by atoms with Gasteiger partial charge in [0.05, 0.1) is 4.92 Å². The van der Waals surface area contributed by atoms with Gasteiger partial charge in [0, 0.05) is 23.4 Å². The highest BCUT2D eigenvalue weighted by Gasteiger charge is 2.35. The Bertz CT molecular complexity index is 871. The number of thiocarbonyl (C=S) groups is 1. The first kappa shape index (κ1) is 22.2. The summed E-state index contributed by atoms with van der Waals surface area (Å²) in [4.78, 5) is 22.5. The van der Waals surface area contributed by atoms with Crippen molar-refractivity contribution >= 4 is 69.4 Å². The van der Waals surface area contributed by atoms with Gasteiger partial charge in [0.2, 0.25) is 3.79 Å². The lowest BCUT2D eigenvalue weighted by atomic mass is 10.2. The lowest BCUT2D eigenvalue weighted by Gasteiger charge is -2.27. The number of hydrogen-bond acceptors (Lipinski definition) is 4. The Morgan fingerprint density at radius 1 is 1.07 bits per heavy atom. The normalized spacial score (nSPS) is 12.0. The van der Waals surface area contributed by atoms with E-state index in [0.29, 0.717) is 5.69 Å². The van der Waals surface area contributed by atoms with E-state index >= 15 is 0 Å². The highest BCUT2D eigenvalue weighted by atomic mass is 35.6. The fourth-order valence-corrected chi connectivity index (χ4v) is 2.65. The van der Waals surface area contributed by atoms with Crippen LogP contribution < -0.4 is 16.0 Å². The van der Waals surface area contributed by atoms with Crippen LogP contribution in [-0.2, 0) is 0 Å². The molecule has 0 radical (unpaired) electrons. The van der Waals surface area contributed by atoms with Crippen LogP contribution in [0.2, 0.25) is 0 Å². The second-order valence-corrected chi connectivity index (χ2v) is 8.49. The van der Waals surface area contributed by atoms with Crippen molar-refractivity contribution in [2.75, 3.05) is 5.32 Å². The summed E-state index contributed by atoms with van der Waals surface area (Å²) in [5.74, 6) is -0.600. The molecule has 2 aromatic carbocycles. The minimum Gasteiger partial charge on any atom is -0.339 e. The zero-order valence-corrected chi connectivity index (χ0v) is 17.5. The van der Waals surface area contributed by atoms with E-state index in [9.17, 15) is 14.9 Å². The second-order valence-electron chi connectivity index (χ2n) is 5.72. The molecule has 0 saturated heterocycles. The molecule has 0 heterocycles. The number of carbonyl (C=O) groups is 1. The Kier molecular flexibility index (Phi) is 7.42. The smallest absolute Gasteiger partial charge is 0.269 e. The van der Waals surface area contributed by atoms with Gasteiger partial charge in [0.25, 0.3) is 11.6 Å². The molecule has 2 rings (SSSR count). The van der Waals surface area contributed by atoms with Gasteiger partial charge in [-0.05, 0) is 43.4 Å². The summed E-state index contributed by atoms with van der Waals surface area (Å²) in [6.45, 7) is 1.95. The van der Waals surface area contributed by atoms with Crippen LogP contribution in [0.1, 0.15) is 15.9 Å². The van der Waals surface area contributed by atoms with Crippen LogP contribution >= 0.6 is 47.0 Å². The zero-order valence-electron chi connectivity index (χ0n) is 14.4. The molecule has 1 atom stereocenters. The van der Waals surface area contributed by atoms with E-state index in [-0.39, 0.29) is 16.4 Å². The molecule has 0 saturated carbocycles. The third-order valence-electron chi connectivity index (χ3n) is 3.53. The van der Waals surface area contributed by atoms with Crippen LogP contribution in [-0.4, -0.2) is 25.9 Å². The molecule has 148 valence electrons. The summed E-state index contributed by atoms with van der Waals surface area (Å²) in [5.41, 5.74) is 1.81. The second kappa shape index (κ2) is 9.38. The molecule has 0 bridgehead atoms. The fourth-order valence-electron chi connectivity index (χ4n) is 2.08. The van der Waals surface area contributed by atoms with Gasteiger partial charge in [-0.2, -0.15) is 0 Å². The van der Waals surface area contributed by atoms with Crippen LogP contribution in [0.4, 0.5) is 11.4 Å². The largest absolute Gasteiger partial charge is 0.339 e. The minimum absolute atomic E-state index is 0.129. The van der Waals surface area contributed by atoms with E-state index in [0.717, 1.165) is 5.56 Å².